The zero-order valence-electron chi connectivity index (χ0n) is 12.0. The van der Waals surface area contributed by atoms with Crippen molar-refractivity contribution in [2.45, 2.75) is 26.5 Å². The van der Waals surface area contributed by atoms with Crippen molar-refractivity contribution >= 4 is 15.9 Å². The number of nitrogens with one attached hydrogen (secondary N) is 1. The third-order valence-corrected chi connectivity index (χ3v) is 3.38. The number of hydrogen-bond donors (Lipinski definition) is 1. The maximum atomic E-state index is 5.91. The third-order valence-electron chi connectivity index (χ3n) is 2.88. The molecule has 0 saturated heterocycles. The lowest BCUT2D eigenvalue weighted by atomic mass is 10.2. The van der Waals surface area contributed by atoms with Gasteiger partial charge < -0.3 is 22.5 Å². The maximum absolute atomic E-state index is 5.91. The van der Waals surface area contributed by atoms with Gasteiger partial charge in [-0.05, 0) is 37.2 Å². The highest BCUT2D eigenvalue weighted by molar-refractivity contribution is 9.10. The van der Waals surface area contributed by atoms with Crippen LogP contribution in [0.2, 0.25) is 0 Å². The van der Waals surface area contributed by atoms with E-state index in [4.69, 9.17) is 4.74 Å². The molecule has 0 fully saturated rings. The van der Waals surface area contributed by atoms with Crippen molar-refractivity contribution in [2.75, 3.05) is 6.54 Å². The van der Waals surface area contributed by atoms with E-state index in [-0.39, 0.29) is 12.4 Å². The van der Waals surface area contributed by atoms with Crippen LogP contribution in [0.5, 0.6) is 5.75 Å². The van der Waals surface area contributed by atoms with Gasteiger partial charge in [-0.2, -0.15) is 0 Å². The first kappa shape index (κ1) is 18.0. The van der Waals surface area contributed by atoms with Crippen LogP contribution in [-0.4, -0.2) is 11.5 Å². The Balaban J connectivity index is 0.00000220. The van der Waals surface area contributed by atoms with Gasteiger partial charge in [0.25, 0.3) is 0 Å². The van der Waals surface area contributed by atoms with E-state index in [0.29, 0.717) is 6.61 Å². The number of nitrogens with zero attached hydrogens (tertiary/aromatic N) is 1. The molecule has 0 amide bonds. The molecule has 0 saturated carbocycles. The van der Waals surface area contributed by atoms with Crippen molar-refractivity contribution in [1.29, 1.82) is 0 Å². The molecule has 0 bridgehead atoms. The number of aromatic nitrogens is 1. The van der Waals surface area contributed by atoms with Crippen LogP contribution in [0.25, 0.3) is 0 Å². The highest BCUT2D eigenvalue weighted by Crippen LogP contribution is 2.24. The number of pyridine rings is 1. The van der Waals surface area contributed by atoms with E-state index in [1.807, 2.05) is 30.5 Å². The van der Waals surface area contributed by atoms with Crippen molar-refractivity contribution in [3.63, 3.8) is 0 Å². The fourth-order valence-corrected chi connectivity index (χ4v) is 2.28. The number of rotatable bonds is 7. The van der Waals surface area contributed by atoms with Gasteiger partial charge in [0.2, 0.25) is 0 Å². The van der Waals surface area contributed by atoms with Gasteiger partial charge in [-0.3, -0.25) is 4.98 Å². The van der Waals surface area contributed by atoms with E-state index in [1.165, 1.54) is 0 Å². The van der Waals surface area contributed by atoms with Crippen LogP contribution in [-0.2, 0) is 13.2 Å². The van der Waals surface area contributed by atoms with Crippen molar-refractivity contribution in [1.82, 2.24) is 10.3 Å². The molecule has 1 aromatic carbocycles. The molecule has 1 N–H and O–H groups in total. The second-order valence-corrected chi connectivity index (χ2v) is 5.49. The van der Waals surface area contributed by atoms with E-state index < -0.39 is 0 Å². The Kier molecular flexibility index (Phi) is 8.35. The fourth-order valence-electron chi connectivity index (χ4n) is 1.87. The predicted octanol–water partition coefficient (Wildman–Crippen LogP) is 0.927. The van der Waals surface area contributed by atoms with Crippen LogP contribution in [0.4, 0.5) is 0 Å². The van der Waals surface area contributed by atoms with Crippen molar-refractivity contribution in [3.05, 3.63) is 58.3 Å². The molecule has 2 rings (SSSR count). The van der Waals surface area contributed by atoms with Crippen LogP contribution in [0, 0.1) is 0 Å². The third kappa shape index (κ3) is 6.04. The molecular formula is C16H19BrClN2O-. The standard InChI is InChI=1S/C16H19BrN2O.ClH/c1-2-7-18-11-14-9-15(17)5-6-16(14)20-12-13-4-3-8-19-10-13;/h3-6,8-10,18H,2,7,11-12H2,1H3;1H/p-1. The summed E-state index contributed by atoms with van der Waals surface area (Å²) in [5.74, 6) is 0.917. The van der Waals surface area contributed by atoms with E-state index in [1.54, 1.807) is 6.20 Å². The average Bonchev–Trinajstić information content (AvgIpc) is 2.48. The number of benzene rings is 1. The Morgan fingerprint density at radius 2 is 2.14 bits per heavy atom. The predicted molar refractivity (Wildman–Crippen MR) is 84.7 cm³/mol. The fraction of sp³-hybridized carbons (Fsp3) is 0.312. The van der Waals surface area contributed by atoms with Crippen LogP contribution in [0.15, 0.2) is 47.2 Å². The minimum Gasteiger partial charge on any atom is -1.00 e. The molecular weight excluding hydrogens is 352 g/mol. The molecule has 0 atom stereocenters. The molecule has 0 unspecified atom stereocenters. The normalized spacial score (nSPS) is 10.0. The summed E-state index contributed by atoms with van der Waals surface area (Å²) >= 11 is 3.51. The quantitative estimate of drug-likeness (QED) is 0.736. The maximum Gasteiger partial charge on any atom is 0.124 e. The summed E-state index contributed by atoms with van der Waals surface area (Å²) in [4.78, 5) is 4.09. The Morgan fingerprint density at radius 3 is 2.86 bits per heavy atom. The zero-order valence-corrected chi connectivity index (χ0v) is 14.3. The SMILES string of the molecule is CCCNCc1cc(Br)ccc1OCc1cccnc1.[Cl-]. The van der Waals surface area contributed by atoms with Crippen molar-refractivity contribution in [3.8, 4) is 5.75 Å². The molecule has 3 nitrogen and oxygen atoms in total. The molecule has 0 radical (unpaired) electrons. The Labute approximate surface area is 140 Å². The number of halogens is 2. The molecule has 0 aliphatic heterocycles. The minimum atomic E-state index is 0. The Bertz CT molecular complexity index is 537. The molecule has 21 heavy (non-hydrogen) atoms. The molecule has 114 valence electrons. The highest BCUT2D eigenvalue weighted by Gasteiger charge is 2.05. The molecule has 0 spiro atoms. The van der Waals surface area contributed by atoms with Gasteiger partial charge in [0.05, 0.1) is 0 Å². The van der Waals surface area contributed by atoms with Gasteiger partial charge in [-0.15, -0.1) is 0 Å². The number of ether oxygens (including phenoxy) is 1. The minimum absolute atomic E-state index is 0. The van der Waals surface area contributed by atoms with Crippen LogP contribution in [0.3, 0.4) is 0 Å². The van der Waals surface area contributed by atoms with E-state index in [9.17, 15) is 0 Å². The number of hydrogen-bond acceptors (Lipinski definition) is 3. The van der Waals surface area contributed by atoms with Gasteiger partial charge in [0, 0.05) is 34.5 Å². The average molecular weight is 371 g/mol. The van der Waals surface area contributed by atoms with Crippen molar-refractivity contribution < 1.29 is 17.1 Å². The lowest BCUT2D eigenvalue weighted by Gasteiger charge is -2.12. The van der Waals surface area contributed by atoms with Crippen LogP contribution >= 0.6 is 15.9 Å². The summed E-state index contributed by atoms with van der Waals surface area (Å²) in [6.07, 6.45) is 4.72. The first-order valence-corrected chi connectivity index (χ1v) is 7.59. The second-order valence-electron chi connectivity index (χ2n) is 4.58. The topological polar surface area (TPSA) is 34.1 Å². The van der Waals surface area contributed by atoms with Gasteiger partial charge in [-0.1, -0.05) is 28.9 Å². The summed E-state index contributed by atoms with van der Waals surface area (Å²) in [6.45, 7) is 4.52. The lowest BCUT2D eigenvalue weighted by Crippen LogP contribution is -3.00. The lowest BCUT2D eigenvalue weighted by molar-refractivity contribution is -0.00000443. The zero-order chi connectivity index (χ0) is 14.2. The largest absolute Gasteiger partial charge is 1.00 e. The van der Waals surface area contributed by atoms with Gasteiger partial charge in [0.15, 0.2) is 0 Å². The summed E-state index contributed by atoms with van der Waals surface area (Å²) in [5.41, 5.74) is 2.24. The first-order chi connectivity index (χ1) is 9.79. The molecule has 1 heterocycles. The molecule has 0 aliphatic carbocycles. The monoisotopic (exact) mass is 369 g/mol. The molecule has 2 aromatic rings. The molecule has 0 aliphatic rings. The summed E-state index contributed by atoms with van der Waals surface area (Å²) in [6, 6.07) is 10.0. The first-order valence-electron chi connectivity index (χ1n) is 6.80. The van der Waals surface area contributed by atoms with Crippen molar-refractivity contribution in [2.24, 2.45) is 0 Å². The van der Waals surface area contributed by atoms with Gasteiger partial charge >= 0.3 is 0 Å². The van der Waals surface area contributed by atoms with E-state index in [2.05, 4.69) is 39.2 Å². The summed E-state index contributed by atoms with van der Waals surface area (Å²) in [7, 11) is 0. The smallest absolute Gasteiger partial charge is 0.124 e. The van der Waals surface area contributed by atoms with Gasteiger partial charge in [0.1, 0.15) is 12.4 Å². The summed E-state index contributed by atoms with van der Waals surface area (Å²) < 4.78 is 6.98. The van der Waals surface area contributed by atoms with Crippen LogP contribution in [0.1, 0.15) is 24.5 Å². The molecule has 5 heteroatoms. The summed E-state index contributed by atoms with van der Waals surface area (Å²) in [5, 5.41) is 3.40. The van der Waals surface area contributed by atoms with E-state index in [0.717, 1.165) is 40.9 Å². The molecule has 1 aromatic heterocycles. The van der Waals surface area contributed by atoms with Gasteiger partial charge in [-0.25, -0.2) is 0 Å². The second kappa shape index (κ2) is 9.77. The van der Waals surface area contributed by atoms with Crippen LogP contribution < -0.4 is 22.5 Å². The Morgan fingerprint density at radius 1 is 1.29 bits per heavy atom. The highest BCUT2D eigenvalue weighted by atomic mass is 79.9. The Hall–Kier alpha value is -1.10. The van der Waals surface area contributed by atoms with E-state index >= 15 is 0 Å².